The average molecular weight is 469 g/mol. The van der Waals surface area contributed by atoms with Crippen LogP contribution >= 0.6 is 0 Å². The van der Waals surface area contributed by atoms with Gasteiger partial charge < -0.3 is 16.5 Å². The maximum Gasteiger partial charge on any atom is 0.320 e. The van der Waals surface area contributed by atoms with E-state index in [0.717, 1.165) is 36.3 Å². The van der Waals surface area contributed by atoms with Crippen LogP contribution in [0.1, 0.15) is 41.5 Å². The molecule has 0 rings (SSSR count). The third-order valence-corrected chi connectivity index (χ3v) is 25.3. The summed E-state index contributed by atoms with van der Waals surface area (Å²) in [6.45, 7) is 27.1. The van der Waals surface area contributed by atoms with Crippen LogP contribution < -0.4 is 0 Å². The lowest BCUT2D eigenvalue weighted by atomic mass is 10.9. The van der Waals surface area contributed by atoms with E-state index < -0.39 is 42.3 Å². The second-order valence-corrected chi connectivity index (χ2v) is 30.9. The SMILES string of the molecule is CC[Si](CC)(O[Si](C)(C)C)O[Si](CC)(CC)O[Si](CC)(CC)O[Si](C)(C)C. The molecule has 0 unspecified atom stereocenters. The predicted molar refractivity (Wildman–Crippen MR) is 131 cm³/mol. The first-order valence-corrected chi connectivity index (χ1v) is 24.5. The van der Waals surface area contributed by atoms with Gasteiger partial charge in [-0.1, -0.05) is 41.5 Å². The van der Waals surface area contributed by atoms with Crippen LogP contribution in [-0.4, -0.2) is 42.3 Å². The lowest BCUT2D eigenvalue weighted by Crippen LogP contribution is -2.62. The van der Waals surface area contributed by atoms with E-state index in [2.05, 4.69) is 80.8 Å². The summed E-state index contributed by atoms with van der Waals surface area (Å²) in [6.07, 6.45) is 0. The Kier molecular flexibility index (Phi) is 11.2. The summed E-state index contributed by atoms with van der Waals surface area (Å²) in [7, 11) is -10.3. The van der Waals surface area contributed by atoms with Gasteiger partial charge in [0.15, 0.2) is 16.6 Å². The van der Waals surface area contributed by atoms with E-state index in [9.17, 15) is 0 Å². The molecule has 9 heteroatoms. The van der Waals surface area contributed by atoms with E-state index in [4.69, 9.17) is 16.5 Å². The van der Waals surface area contributed by atoms with Crippen molar-refractivity contribution in [3.05, 3.63) is 0 Å². The highest BCUT2D eigenvalue weighted by atomic mass is 28.5. The van der Waals surface area contributed by atoms with Crippen LogP contribution in [0.3, 0.4) is 0 Å². The molecule has 27 heavy (non-hydrogen) atoms. The molecule has 164 valence electrons. The minimum absolute atomic E-state index is 0.969. The molecule has 0 amide bonds. The molecule has 0 heterocycles. The topological polar surface area (TPSA) is 36.9 Å². The lowest BCUT2D eigenvalue weighted by Gasteiger charge is -2.47. The van der Waals surface area contributed by atoms with Gasteiger partial charge in [0.05, 0.1) is 0 Å². The van der Waals surface area contributed by atoms with Gasteiger partial charge in [0, 0.05) is 0 Å². The van der Waals surface area contributed by atoms with Crippen molar-refractivity contribution in [2.75, 3.05) is 0 Å². The summed E-state index contributed by atoms with van der Waals surface area (Å²) < 4.78 is 27.7. The van der Waals surface area contributed by atoms with E-state index in [-0.39, 0.29) is 0 Å². The molecule has 0 aromatic carbocycles. The molecule has 0 radical (unpaired) electrons. The van der Waals surface area contributed by atoms with Gasteiger partial charge in [-0.2, -0.15) is 0 Å². The van der Waals surface area contributed by atoms with Crippen LogP contribution in [-0.2, 0) is 16.5 Å². The highest BCUT2D eigenvalue weighted by molar-refractivity contribution is 6.92. The molecule has 0 saturated heterocycles. The van der Waals surface area contributed by atoms with E-state index >= 15 is 0 Å². The first kappa shape index (κ1) is 27.9. The van der Waals surface area contributed by atoms with Crippen LogP contribution in [0.25, 0.3) is 0 Å². The minimum atomic E-state index is -2.38. The normalized spacial score (nSPS) is 14.7. The van der Waals surface area contributed by atoms with Gasteiger partial charge in [0.1, 0.15) is 0 Å². The Bertz CT molecular complexity index is 386. The fourth-order valence-corrected chi connectivity index (χ4v) is 27.9. The Morgan fingerprint density at radius 1 is 0.370 bits per heavy atom. The predicted octanol–water partition coefficient (Wildman–Crippen LogP) is 7.17. The van der Waals surface area contributed by atoms with E-state index in [1.54, 1.807) is 0 Å². The lowest BCUT2D eigenvalue weighted by molar-refractivity contribution is 0.275. The summed E-state index contributed by atoms with van der Waals surface area (Å²) >= 11 is 0. The molecule has 0 bridgehead atoms. The molecule has 4 nitrogen and oxygen atoms in total. The molecule has 0 fully saturated rings. The Hall–Kier alpha value is 0.924. The molecule has 0 aliphatic carbocycles. The molecule has 0 saturated carbocycles. The quantitative estimate of drug-likeness (QED) is 0.253. The van der Waals surface area contributed by atoms with Gasteiger partial charge in [-0.15, -0.1) is 0 Å². The standard InChI is InChI=1S/C18H48O4Si5/c1-13-25(14-2,19-23(7,8)9)21-27(17-5,18-6)22-26(15-3,16-4)20-24(10,11)12/h13-18H2,1-12H3. The molecule has 0 aromatic heterocycles. The zero-order chi connectivity index (χ0) is 21.6. The third-order valence-electron chi connectivity index (χ3n) is 4.96. The van der Waals surface area contributed by atoms with E-state index in [1.165, 1.54) is 0 Å². The van der Waals surface area contributed by atoms with Crippen LogP contribution in [0.15, 0.2) is 0 Å². The van der Waals surface area contributed by atoms with Crippen molar-refractivity contribution >= 4 is 42.3 Å². The molecular weight excluding hydrogens is 421 g/mol. The van der Waals surface area contributed by atoms with Crippen LogP contribution in [0.5, 0.6) is 0 Å². The first-order chi connectivity index (χ1) is 12.2. The van der Waals surface area contributed by atoms with E-state index in [1.807, 2.05) is 0 Å². The fourth-order valence-electron chi connectivity index (χ4n) is 3.47. The van der Waals surface area contributed by atoms with Crippen molar-refractivity contribution in [2.24, 2.45) is 0 Å². The highest BCUT2D eigenvalue weighted by Gasteiger charge is 2.52. The molecule has 0 aliphatic heterocycles. The van der Waals surface area contributed by atoms with Crippen LogP contribution in [0.4, 0.5) is 0 Å². The summed E-state index contributed by atoms with van der Waals surface area (Å²) in [4.78, 5) is 0. The Labute approximate surface area is 175 Å². The van der Waals surface area contributed by atoms with Gasteiger partial charge in [0.2, 0.25) is 0 Å². The van der Waals surface area contributed by atoms with Gasteiger partial charge in [-0.25, -0.2) is 0 Å². The van der Waals surface area contributed by atoms with Crippen LogP contribution in [0.2, 0.25) is 75.5 Å². The van der Waals surface area contributed by atoms with Gasteiger partial charge in [0.25, 0.3) is 0 Å². The van der Waals surface area contributed by atoms with Crippen molar-refractivity contribution in [3.8, 4) is 0 Å². The van der Waals surface area contributed by atoms with Gasteiger partial charge >= 0.3 is 25.7 Å². The fraction of sp³-hybridized carbons (Fsp3) is 1.00. The zero-order valence-corrected chi connectivity index (χ0v) is 25.4. The first-order valence-electron chi connectivity index (χ1n) is 11.0. The maximum absolute atomic E-state index is 7.11. The Balaban J connectivity index is 5.93. The number of hydrogen-bond donors (Lipinski definition) is 0. The van der Waals surface area contributed by atoms with Crippen molar-refractivity contribution < 1.29 is 16.5 Å². The smallest absolute Gasteiger partial charge is 0.320 e. The summed E-state index contributed by atoms with van der Waals surface area (Å²) in [6, 6.07) is 5.91. The van der Waals surface area contributed by atoms with Crippen molar-refractivity contribution in [1.29, 1.82) is 0 Å². The van der Waals surface area contributed by atoms with Crippen molar-refractivity contribution in [1.82, 2.24) is 0 Å². The van der Waals surface area contributed by atoms with Crippen molar-refractivity contribution in [3.63, 3.8) is 0 Å². The molecule has 0 aromatic rings. The number of hydrogen-bond acceptors (Lipinski definition) is 4. The summed E-state index contributed by atoms with van der Waals surface area (Å²) in [5.74, 6) is 0. The molecule has 0 spiro atoms. The minimum Gasteiger partial charge on any atom is -0.436 e. The van der Waals surface area contributed by atoms with Crippen molar-refractivity contribution in [2.45, 2.75) is 117 Å². The van der Waals surface area contributed by atoms with Gasteiger partial charge in [-0.05, 0) is 75.5 Å². The Morgan fingerprint density at radius 2 is 0.556 bits per heavy atom. The van der Waals surface area contributed by atoms with Gasteiger partial charge in [-0.3, -0.25) is 0 Å². The summed E-state index contributed by atoms with van der Waals surface area (Å²) in [5, 5.41) is 0. The molecule has 0 aliphatic rings. The maximum atomic E-state index is 7.11. The number of rotatable bonds is 14. The highest BCUT2D eigenvalue weighted by Crippen LogP contribution is 2.36. The Morgan fingerprint density at radius 3 is 0.704 bits per heavy atom. The summed E-state index contributed by atoms with van der Waals surface area (Å²) in [5.41, 5.74) is 0. The molecule has 0 atom stereocenters. The van der Waals surface area contributed by atoms with E-state index in [0.29, 0.717) is 0 Å². The molecule has 0 N–H and O–H groups in total. The monoisotopic (exact) mass is 468 g/mol. The largest absolute Gasteiger partial charge is 0.436 e. The molecular formula is C18H48O4Si5. The second kappa shape index (κ2) is 10.8. The zero-order valence-electron chi connectivity index (χ0n) is 20.4. The second-order valence-electron chi connectivity index (χ2n) is 9.49. The third kappa shape index (κ3) is 9.08. The van der Waals surface area contributed by atoms with Crippen LogP contribution in [0, 0.1) is 0 Å². The average Bonchev–Trinajstić information content (AvgIpc) is 2.57.